The van der Waals surface area contributed by atoms with Crippen LogP contribution in [0.4, 0.5) is 5.69 Å². The maximum absolute atomic E-state index is 4.54. The smallest absolute Gasteiger partial charge is 0.0457 e. The number of H-pyrrole nitrogens is 1. The molecule has 4 heterocycles. The summed E-state index contributed by atoms with van der Waals surface area (Å²) >= 11 is 0. The van der Waals surface area contributed by atoms with E-state index in [-0.39, 0.29) is 0 Å². The Balaban J connectivity index is 1.26. The number of benzene rings is 1. The highest BCUT2D eigenvalue weighted by Crippen LogP contribution is 2.41. The molecule has 5 rings (SSSR count). The van der Waals surface area contributed by atoms with E-state index in [9.17, 15) is 0 Å². The number of aromatic amines is 1. The van der Waals surface area contributed by atoms with Crippen molar-refractivity contribution in [3.05, 3.63) is 59.5 Å². The van der Waals surface area contributed by atoms with E-state index in [2.05, 4.69) is 76.2 Å². The van der Waals surface area contributed by atoms with Crippen molar-refractivity contribution in [1.29, 1.82) is 0 Å². The zero-order chi connectivity index (χ0) is 19.8. The molecule has 0 aliphatic carbocycles. The monoisotopic (exact) mass is 388 g/mol. The summed E-state index contributed by atoms with van der Waals surface area (Å²) in [6.45, 7) is 10.1. The third kappa shape index (κ3) is 3.78. The quantitative estimate of drug-likeness (QED) is 0.681. The lowest BCUT2D eigenvalue weighted by Crippen LogP contribution is -2.49. The molecule has 4 heteroatoms. The number of hydrogen-bond donors (Lipinski definition) is 1. The van der Waals surface area contributed by atoms with E-state index in [1.807, 2.05) is 0 Å². The zero-order valence-corrected chi connectivity index (χ0v) is 17.7. The Morgan fingerprint density at radius 1 is 1.00 bits per heavy atom. The molecule has 1 aromatic carbocycles. The summed E-state index contributed by atoms with van der Waals surface area (Å²) in [5, 5.41) is 1.38. The Morgan fingerprint density at radius 2 is 1.76 bits per heavy atom. The molecule has 29 heavy (non-hydrogen) atoms. The highest BCUT2D eigenvalue weighted by Gasteiger charge is 2.38. The number of nitrogens with zero attached hydrogens (tertiary/aromatic N) is 3. The number of likely N-dealkylation sites (tertiary alicyclic amines) is 1. The fraction of sp³-hybridized carbons (Fsp3) is 0.480. The molecule has 152 valence electrons. The lowest BCUT2D eigenvalue weighted by molar-refractivity contribution is 0.0608. The van der Waals surface area contributed by atoms with Gasteiger partial charge in [-0.3, -0.25) is 9.88 Å². The number of piperidine rings is 2. The third-order valence-corrected chi connectivity index (χ3v) is 7.06. The van der Waals surface area contributed by atoms with Gasteiger partial charge in [-0.1, -0.05) is 18.2 Å². The van der Waals surface area contributed by atoms with Crippen molar-refractivity contribution in [2.24, 2.45) is 5.41 Å². The second-order valence-corrected chi connectivity index (χ2v) is 9.27. The molecular weight excluding hydrogens is 356 g/mol. The van der Waals surface area contributed by atoms with Crippen LogP contribution in [0, 0.1) is 19.3 Å². The predicted octanol–water partition coefficient (Wildman–Crippen LogP) is 5.06. The molecule has 1 N–H and O–H groups in total. The second-order valence-electron chi connectivity index (χ2n) is 9.27. The molecule has 0 saturated carbocycles. The predicted molar refractivity (Wildman–Crippen MR) is 120 cm³/mol. The average Bonchev–Trinajstić information content (AvgIpc) is 3.11. The Morgan fingerprint density at radius 3 is 2.55 bits per heavy atom. The van der Waals surface area contributed by atoms with E-state index in [0.717, 1.165) is 17.9 Å². The lowest BCUT2D eigenvalue weighted by Gasteiger charge is -2.48. The Kier molecular flexibility index (Phi) is 4.83. The number of para-hydroxylation sites is 1. The summed E-state index contributed by atoms with van der Waals surface area (Å²) < 4.78 is 0. The van der Waals surface area contributed by atoms with Crippen molar-refractivity contribution in [3.63, 3.8) is 0 Å². The number of aromatic nitrogens is 2. The summed E-state index contributed by atoms with van der Waals surface area (Å²) in [7, 11) is 0. The summed E-state index contributed by atoms with van der Waals surface area (Å²) in [5.41, 5.74) is 6.81. The fourth-order valence-corrected chi connectivity index (χ4v) is 5.59. The SMILES string of the molecule is Cc1cc(N2CCC3(CCCN(Cc4c[nH]c5ccccc45)C3)CC2)cc(C)n1. The van der Waals surface area contributed by atoms with Gasteiger partial charge in [-0.05, 0) is 75.3 Å². The van der Waals surface area contributed by atoms with Crippen molar-refractivity contribution < 1.29 is 0 Å². The molecule has 0 amide bonds. The van der Waals surface area contributed by atoms with Crippen LogP contribution in [0.2, 0.25) is 0 Å². The minimum atomic E-state index is 0.498. The summed E-state index contributed by atoms with van der Waals surface area (Å²) in [6, 6.07) is 13.2. The van der Waals surface area contributed by atoms with Gasteiger partial charge in [0.2, 0.25) is 0 Å². The molecule has 1 spiro atoms. The van der Waals surface area contributed by atoms with Gasteiger partial charge < -0.3 is 9.88 Å². The van der Waals surface area contributed by atoms with Gasteiger partial charge in [0, 0.05) is 60.4 Å². The Labute approximate surface area is 173 Å². The first-order valence-corrected chi connectivity index (χ1v) is 11.1. The molecule has 0 atom stereocenters. The number of nitrogens with one attached hydrogen (secondary N) is 1. The molecule has 0 radical (unpaired) electrons. The molecule has 2 aliphatic rings. The first-order chi connectivity index (χ1) is 14.1. The molecule has 4 nitrogen and oxygen atoms in total. The van der Waals surface area contributed by atoms with Gasteiger partial charge in [0.15, 0.2) is 0 Å². The van der Waals surface area contributed by atoms with Crippen molar-refractivity contribution in [2.75, 3.05) is 31.1 Å². The van der Waals surface area contributed by atoms with Gasteiger partial charge in [-0.2, -0.15) is 0 Å². The topological polar surface area (TPSA) is 35.2 Å². The number of anilines is 1. The normalized spacial score (nSPS) is 19.9. The van der Waals surface area contributed by atoms with Gasteiger partial charge in [0.25, 0.3) is 0 Å². The second kappa shape index (κ2) is 7.49. The molecular formula is C25H32N4. The van der Waals surface area contributed by atoms with Gasteiger partial charge in [-0.15, -0.1) is 0 Å². The van der Waals surface area contributed by atoms with Crippen LogP contribution >= 0.6 is 0 Å². The minimum Gasteiger partial charge on any atom is -0.371 e. The highest BCUT2D eigenvalue weighted by molar-refractivity contribution is 5.82. The Hall–Kier alpha value is -2.33. The molecule has 0 bridgehead atoms. The van der Waals surface area contributed by atoms with Gasteiger partial charge in [0.1, 0.15) is 0 Å². The van der Waals surface area contributed by atoms with E-state index in [1.54, 1.807) is 0 Å². The van der Waals surface area contributed by atoms with Gasteiger partial charge in [-0.25, -0.2) is 0 Å². The van der Waals surface area contributed by atoms with Crippen LogP contribution in [0.3, 0.4) is 0 Å². The molecule has 2 fully saturated rings. The molecule has 2 aromatic heterocycles. The van der Waals surface area contributed by atoms with Crippen LogP contribution in [0.15, 0.2) is 42.6 Å². The third-order valence-electron chi connectivity index (χ3n) is 7.06. The van der Waals surface area contributed by atoms with E-state index in [0.29, 0.717) is 5.41 Å². The van der Waals surface area contributed by atoms with E-state index < -0.39 is 0 Å². The van der Waals surface area contributed by atoms with Crippen LogP contribution in [0.1, 0.15) is 42.6 Å². The fourth-order valence-electron chi connectivity index (χ4n) is 5.59. The van der Waals surface area contributed by atoms with Crippen LogP contribution in [0.5, 0.6) is 0 Å². The van der Waals surface area contributed by atoms with Crippen molar-refractivity contribution in [2.45, 2.75) is 46.1 Å². The van der Waals surface area contributed by atoms with E-state index >= 15 is 0 Å². The van der Waals surface area contributed by atoms with Gasteiger partial charge >= 0.3 is 0 Å². The van der Waals surface area contributed by atoms with Crippen LogP contribution in [0.25, 0.3) is 10.9 Å². The van der Waals surface area contributed by atoms with Crippen LogP contribution in [-0.4, -0.2) is 41.0 Å². The average molecular weight is 389 g/mol. The molecule has 3 aromatic rings. The van der Waals surface area contributed by atoms with Crippen molar-refractivity contribution in [3.8, 4) is 0 Å². The maximum Gasteiger partial charge on any atom is 0.0457 e. The van der Waals surface area contributed by atoms with Gasteiger partial charge in [0.05, 0.1) is 0 Å². The number of hydrogen-bond acceptors (Lipinski definition) is 3. The summed E-state index contributed by atoms with van der Waals surface area (Å²) in [6.07, 6.45) is 7.54. The van der Waals surface area contributed by atoms with Crippen molar-refractivity contribution >= 4 is 16.6 Å². The van der Waals surface area contributed by atoms with E-state index in [1.165, 1.54) is 74.0 Å². The Bertz CT molecular complexity index is 977. The number of rotatable bonds is 3. The first kappa shape index (κ1) is 18.7. The van der Waals surface area contributed by atoms with Crippen molar-refractivity contribution in [1.82, 2.24) is 14.9 Å². The largest absolute Gasteiger partial charge is 0.371 e. The molecule has 2 aliphatic heterocycles. The highest BCUT2D eigenvalue weighted by atomic mass is 15.2. The number of aryl methyl sites for hydroxylation is 2. The molecule has 0 unspecified atom stereocenters. The summed E-state index contributed by atoms with van der Waals surface area (Å²) in [4.78, 5) is 13.3. The standard InChI is InChI=1S/C25H32N4/c1-19-14-22(15-20(2)27-19)29-12-9-25(10-13-29)8-5-11-28(18-25)17-21-16-26-24-7-4-3-6-23(21)24/h3-4,6-7,14-16,26H,5,8-13,17-18H2,1-2H3. The zero-order valence-electron chi connectivity index (χ0n) is 17.7. The first-order valence-electron chi connectivity index (χ1n) is 11.1. The summed E-state index contributed by atoms with van der Waals surface area (Å²) in [5.74, 6) is 0. The van der Waals surface area contributed by atoms with Crippen LogP contribution < -0.4 is 4.90 Å². The minimum absolute atomic E-state index is 0.498. The number of fused-ring (bicyclic) bond motifs is 1. The lowest BCUT2D eigenvalue weighted by atomic mass is 9.72. The maximum atomic E-state index is 4.54. The van der Waals surface area contributed by atoms with Crippen LogP contribution in [-0.2, 0) is 6.54 Å². The van der Waals surface area contributed by atoms with E-state index in [4.69, 9.17) is 0 Å². The number of pyridine rings is 1. The molecule has 2 saturated heterocycles.